The summed E-state index contributed by atoms with van der Waals surface area (Å²) in [5, 5.41) is 4.10. The van der Waals surface area contributed by atoms with Crippen LogP contribution in [0.3, 0.4) is 0 Å². The Morgan fingerprint density at radius 3 is 2.45 bits per heavy atom. The minimum atomic E-state index is -4.56. The molecule has 1 aliphatic heterocycles. The lowest BCUT2D eigenvalue weighted by molar-refractivity contribution is -0.137. The fourth-order valence-electron chi connectivity index (χ4n) is 3.87. The molecule has 11 heteroatoms. The number of hydrogen-bond donors (Lipinski definition) is 0. The molecule has 0 radical (unpaired) electrons. The Hall–Kier alpha value is -2.69. The molecule has 2 fully saturated rings. The van der Waals surface area contributed by atoms with Gasteiger partial charge in [0.05, 0.1) is 22.8 Å². The van der Waals surface area contributed by atoms with Crippen molar-refractivity contribution in [2.24, 2.45) is 0 Å². The van der Waals surface area contributed by atoms with Gasteiger partial charge in [-0.2, -0.15) is 18.3 Å². The first kappa shape index (κ1) is 21.5. The lowest BCUT2D eigenvalue weighted by atomic mass is 10.1. The van der Waals surface area contributed by atoms with Crippen LogP contribution in [0.1, 0.15) is 41.0 Å². The minimum Gasteiger partial charge on any atom is -0.330 e. The summed E-state index contributed by atoms with van der Waals surface area (Å²) >= 11 is 0. The van der Waals surface area contributed by atoms with Crippen LogP contribution < -0.4 is 5.43 Å². The number of halogens is 3. The molecule has 1 aromatic heterocycles. The quantitative estimate of drug-likeness (QED) is 0.706. The predicted molar refractivity (Wildman–Crippen MR) is 106 cm³/mol. The van der Waals surface area contributed by atoms with E-state index in [-0.39, 0.29) is 35.3 Å². The Bertz CT molecular complexity index is 1200. The highest BCUT2D eigenvalue weighted by Gasteiger charge is 2.43. The van der Waals surface area contributed by atoms with Crippen LogP contribution in [0.4, 0.5) is 13.2 Å². The van der Waals surface area contributed by atoms with Gasteiger partial charge in [-0.15, -0.1) is 0 Å². The average molecular weight is 455 g/mol. The summed E-state index contributed by atoms with van der Waals surface area (Å²) in [7, 11) is -3.25. The number of nitrogens with zero attached hydrogens (tertiary/aromatic N) is 3. The Balaban J connectivity index is 1.74. The number of hydrogen-bond acceptors (Lipinski definition) is 5. The fraction of sp³-hybridized carbons (Fsp3) is 0.450. The smallest absolute Gasteiger partial charge is 0.330 e. The van der Waals surface area contributed by atoms with E-state index in [4.69, 9.17) is 0 Å². The molecular weight excluding hydrogens is 435 g/mol. The van der Waals surface area contributed by atoms with E-state index in [1.54, 1.807) is 0 Å². The summed E-state index contributed by atoms with van der Waals surface area (Å²) in [6, 6.07) is 4.89. The van der Waals surface area contributed by atoms with Crippen molar-refractivity contribution in [1.82, 2.24) is 14.7 Å². The topological polar surface area (TPSA) is 89.3 Å². The molecule has 0 N–H and O–H groups in total. The highest BCUT2D eigenvalue weighted by molar-refractivity contribution is 7.91. The van der Waals surface area contributed by atoms with Crippen LogP contribution in [-0.4, -0.2) is 52.6 Å². The molecule has 1 saturated heterocycles. The maximum atomic E-state index is 13.2. The van der Waals surface area contributed by atoms with Gasteiger partial charge in [0.2, 0.25) is 5.43 Å². The van der Waals surface area contributed by atoms with Crippen LogP contribution in [0.25, 0.3) is 5.69 Å². The van der Waals surface area contributed by atoms with E-state index >= 15 is 0 Å². The van der Waals surface area contributed by atoms with E-state index in [9.17, 15) is 31.2 Å². The Morgan fingerprint density at radius 1 is 1.16 bits per heavy atom. The third-order valence-electron chi connectivity index (χ3n) is 5.50. The van der Waals surface area contributed by atoms with Gasteiger partial charge >= 0.3 is 6.18 Å². The molecule has 2 aliphatic rings. The molecule has 2 aromatic rings. The second-order valence-corrected chi connectivity index (χ2v) is 10.2. The van der Waals surface area contributed by atoms with Crippen LogP contribution >= 0.6 is 0 Å². The lowest BCUT2D eigenvalue weighted by Gasteiger charge is -2.28. The zero-order valence-electron chi connectivity index (χ0n) is 16.6. The first-order valence-corrected chi connectivity index (χ1v) is 11.6. The van der Waals surface area contributed by atoms with E-state index in [2.05, 4.69) is 5.10 Å². The second kappa shape index (κ2) is 7.47. The largest absolute Gasteiger partial charge is 0.416 e. The molecule has 2 heterocycles. The number of benzene rings is 1. The van der Waals surface area contributed by atoms with Gasteiger partial charge in [-0.1, -0.05) is 6.07 Å². The standard InChI is InChI=1S/C20H20F3N3O4S/c1-12-9-17(27)18(24-26(12)15-4-2-3-13(10-15)20(21,22)23)19(28)25(14-5-6-14)16-7-8-31(29,30)11-16/h2-4,9-10,14,16H,5-8,11H2,1H3. The van der Waals surface area contributed by atoms with E-state index in [1.807, 2.05) is 0 Å². The molecule has 31 heavy (non-hydrogen) atoms. The Morgan fingerprint density at radius 2 is 1.87 bits per heavy atom. The van der Waals surface area contributed by atoms with Crippen molar-refractivity contribution in [2.45, 2.75) is 44.4 Å². The van der Waals surface area contributed by atoms with E-state index in [0.717, 1.165) is 22.9 Å². The van der Waals surface area contributed by atoms with Gasteiger partial charge in [0.25, 0.3) is 5.91 Å². The molecule has 1 aromatic carbocycles. The summed E-state index contributed by atoms with van der Waals surface area (Å²) in [5.74, 6) is -0.873. The number of carbonyl (C=O) groups excluding carboxylic acids is 1. The van der Waals surface area contributed by atoms with Crippen molar-refractivity contribution in [3.8, 4) is 5.69 Å². The monoisotopic (exact) mass is 455 g/mol. The first-order valence-electron chi connectivity index (χ1n) is 9.78. The number of alkyl halides is 3. The molecule has 0 spiro atoms. The Kier molecular flexibility index (Phi) is 5.19. The summed E-state index contributed by atoms with van der Waals surface area (Å²) in [5.41, 5.74) is -1.64. The molecule has 1 saturated carbocycles. The summed E-state index contributed by atoms with van der Waals surface area (Å²) in [6.07, 6.45) is -2.86. The van der Waals surface area contributed by atoms with Crippen molar-refractivity contribution in [2.75, 3.05) is 11.5 Å². The van der Waals surface area contributed by atoms with Crippen molar-refractivity contribution in [1.29, 1.82) is 0 Å². The van der Waals surface area contributed by atoms with Crippen molar-refractivity contribution >= 4 is 15.7 Å². The number of carbonyl (C=O) groups is 1. The SMILES string of the molecule is Cc1cc(=O)c(C(=O)N(C2CC2)C2CCS(=O)(=O)C2)nn1-c1cccc(C(F)(F)F)c1. The third-order valence-corrected chi connectivity index (χ3v) is 7.26. The third kappa shape index (κ3) is 4.36. The summed E-state index contributed by atoms with van der Waals surface area (Å²) in [6.45, 7) is 1.51. The second-order valence-electron chi connectivity index (χ2n) is 7.96. The molecule has 1 unspecified atom stereocenters. The van der Waals surface area contributed by atoms with Gasteiger partial charge in [0.15, 0.2) is 15.5 Å². The van der Waals surface area contributed by atoms with Crippen LogP contribution in [-0.2, 0) is 16.0 Å². The number of rotatable bonds is 4. The summed E-state index contributed by atoms with van der Waals surface area (Å²) in [4.78, 5) is 27.2. The zero-order valence-corrected chi connectivity index (χ0v) is 17.4. The highest BCUT2D eigenvalue weighted by atomic mass is 32.2. The molecule has 4 rings (SSSR count). The van der Waals surface area contributed by atoms with Gasteiger partial charge in [-0.25, -0.2) is 13.1 Å². The number of aromatic nitrogens is 2. The van der Waals surface area contributed by atoms with Gasteiger partial charge in [0, 0.05) is 23.8 Å². The van der Waals surface area contributed by atoms with Crippen molar-refractivity contribution in [3.05, 3.63) is 57.5 Å². The number of amides is 1. The molecular formula is C20H20F3N3O4S. The highest BCUT2D eigenvalue weighted by Crippen LogP contribution is 2.33. The molecule has 166 valence electrons. The fourth-order valence-corrected chi connectivity index (χ4v) is 5.58. The van der Waals surface area contributed by atoms with Crippen LogP contribution in [0.2, 0.25) is 0 Å². The number of sulfone groups is 1. The maximum Gasteiger partial charge on any atom is 0.416 e. The predicted octanol–water partition coefficient (Wildman–Crippen LogP) is 2.35. The Labute approximate surface area is 176 Å². The maximum absolute atomic E-state index is 13.2. The molecule has 1 atom stereocenters. The van der Waals surface area contributed by atoms with E-state index in [0.29, 0.717) is 12.8 Å². The number of aryl methyl sites for hydroxylation is 1. The van der Waals surface area contributed by atoms with Gasteiger partial charge in [-0.3, -0.25) is 9.59 Å². The van der Waals surface area contributed by atoms with Gasteiger partial charge < -0.3 is 4.90 Å². The van der Waals surface area contributed by atoms with Crippen molar-refractivity contribution < 1.29 is 26.4 Å². The normalized spacial score (nSPS) is 20.6. The lowest BCUT2D eigenvalue weighted by Crippen LogP contribution is -2.45. The average Bonchev–Trinajstić information content (AvgIpc) is 3.44. The molecule has 0 bridgehead atoms. The summed E-state index contributed by atoms with van der Waals surface area (Å²) < 4.78 is 64.2. The van der Waals surface area contributed by atoms with Crippen molar-refractivity contribution in [3.63, 3.8) is 0 Å². The first-order chi connectivity index (χ1) is 14.5. The molecule has 1 aliphatic carbocycles. The molecule has 7 nitrogen and oxygen atoms in total. The van der Waals surface area contributed by atoms with Crippen LogP contribution in [0, 0.1) is 6.92 Å². The zero-order chi connectivity index (χ0) is 22.6. The van der Waals surface area contributed by atoms with Crippen LogP contribution in [0.5, 0.6) is 0 Å². The van der Waals surface area contributed by atoms with E-state index < -0.39 is 44.6 Å². The van der Waals surface area contributed by atoms with Crippen LogP contribution in [0.15, 0.2) is 35.1 Å². The van der Waals surface area contributed by atoms with E-state index in [1.165, 1.54) is 24.0 Å². The van der Waals surface area contributed by atoms with Gasteiger partial charge in [-0.05, 0) is 44.4 Å². The molecule has 1 amide bonds. The minimum absolute atomic E-state index is 0.0238. The van der Waals surface area contributed by atoms with Gasteiger partial charge in [0.1, 0.15) is 0 Å².